The normalized spacial score (nSPS) is 0. The van der Waals surface area contributed by atoms with Gasteiger partial charge in [0.15, 0.2) is 0 Å². The monoisotopic (exact) mass is 298 g/mol. The molecule has 0 unspecified atom stereocenters. The van der Waals surface area contributed by atoms with Gasteiger partial charge in [-0.1, -0.05) is 14.9 Å². The van der Waals surface area contributed by atoms with Gasteiger partial charge >= 0.3 is 44.8 Å². The van der Waals surface area contributed by atoms with Crippen LogP contribution in [0.5, 0.6) is 0 Å². The molecule has 0 aliphatic carbocycles. The zero-order valence-corrected chi connectivity index (χ0v) is 7.33. The zero-order valence-electron chi connectivity index (χ0n) is 2.94. The summed E-state index contributed by atoms with van der Waals surface area (Å²) >= 11 is 0. The van der Waals surface area contributed by atoms with Gasteiger partial charge in [-0.3, -0.25) is 0 Å². The Hall–Kier alpha value is 1.28. The quantitative estimate of drug-likeness (QED) is 0.579. The molecule has 0 atom stereocenters. The maximum Gasteiger partial charge on any atom is 5.00 e. The summed E-state index contributed by atoms with van der Waals surface area (Å²) in [6, 6.07) is 0. The first-order valence-corrected chi connectivity index (χ1v) is 0. The van der Waals surface area contributed by atoms with E-state index in [1.807, 2.05) is 0 Å². The van der Waals surface area contributed by atoms with Gasteiger partial charge in [-0.05, 0) is 0 Å². The summed E-state index contributed by atoms with van der Waals surface area (Å²) < 4.78 is 0. The fourth-order valence-electron chi connectivity index (χ4n) is 0. The van der Waals surface area contributed by atoms with Crippen molar-refractivity contribution in [3.63, 3.8) is 0 Å². The minimum atomic E-state index is 0. The smallest absolute Gasteiger partial charge is 2.00 e. The molecule has 7 heteroatoms. The van der Waals surface area contributed by atoms with Crippen molar-refractivity contribution in [3.8, 4) is 0 Å². The van der Waals surface area contributed by atoms with Crippen molar-refractivity contribution >= 4 is 0 Å². The van der Waals surface area contributed by atoms with Crippen molar-refractivity contribution in [1.29, 1.82) is 0 Å². The second-order valence-electron chi connectivity index (χ2n) is 0. The molecule has 0 saturated heterocycles. The topological polar surface area (TPSA) is 142 Å². The molecule has 0 radical (unpaired) electrons. The summed E-state index contributed by atoms with van der Waals surface area (Å²) in [5, 5.41) is 0. The Labute approximate surface area is 86.8 Å². The third kappa shape index (κ3) is 300. The summed E-state index contributed by atoms with van der Waals surface area (Å²) in [7, 11) is 0. The maximum absolute atomic E-state index is 0. The Kier molecular flexibility index (Phi) is 23300. The molecule has 0 fully saturated rings. The third-order valence-electron chi connectivity index (χ3n) is 0. The van der Waals surface area contributed by atoms with Crippen LogP contribution in [0.4, 0.5) is 0 Å². The molecular weight excluding hydrogens is 290 g/mol. The largest absolute Gasteiger partial charge is 5.00 e. The molecule has 0 aromatic rings. The second kappa shape index (κ2) is 388. The van der Waals surface area contributed by atoms with Crippen LogP contribution in [0.15, 0.2) is 0 Å². The maximum atomic E-state index is 0. The van der Waals surface area contributed by atoms with Crippen molar-refractivity contribution in [3.05, 3.63) is 0 Å². The standard InChI is InChI=1S/2CH4.2Nb.5O/h2*1H4;;;;;;;/q;;2*+5;5*-2. The van der Waals surface area contributed by atoms with Crippen LogP contribution in [0.2, 0.25) is 0 Å². The third-order valence-corrected chi connectivity index (χ3v) is 0. The molecule has 0 rings (SSSR count). The van der Waals surface area contributed by atoms with Crippen LogP contribution in [0.25, 0.3) is 0 Å². The van der Waals surface area contributed by atoms with E-state index in [1.54, 1.807) is 0 Å². The summed E-state index contributed by atoms with van der Waals surface area (Å²) in [4.78, 5) is 0. The molecule has 0 aromatic heterocycles. The van der Waals surface area contributed by atoms with Crippen molar-refractivity contribution in [1.82, 2.24) is 0 Å². The van der Waals surface area contributed by atoms with E-state index in [-0.39, 0.29) is 87.0 Å². The molecule has 0 N–H and O–H groups in total. The molecule has 0 heterocycles. The number of hydrogen-bond acceptors (Lipinski definition) is 0. The molecule has 0 bridgehead atoms. The van der Waals surface area contributed by atoms with E-state index in [2.05, 4.69) is 0 Å². The van der Waals surface area contributed by atoms with E-state index >= 15 is 0 Å². The van der Waals surface area contributed by atoms with Gasteiger partial charge in [0.2, 0.25) is 0 Å². The van der Waals surface area contributed by atoms with Gasteiger partial charge < -0.3 is 27.4 Å². The Morgan fingerprint density at radius 1 is 0.333 bits per heavy atom. The Morgan fingerprint density at radius 3 is 0.333 bits per heavy atom. The van der Waals surface area contributed by atoms with Gasteiger partial charge in [-0.25, -0.2) is 0 Å². The molecule has 9 heavy (non-hydrogen) atoms. The van der Waals surface area contributed by atoms with Crippen LogP contribution in [0, 0.1) is 0 Å². The molecule has 0 spiro atoms. The van der Waals surface area contributed by atoms with E-state index in [1.165, 1.54) is 0 Å². The minimum Gasteiger partial charge on any atom is -2.00 e. The molecule has 0 aliphatic heterocycles. The zero-order chi connectivity index (χ0) is 0. The Morgan fingerprint density at radius 2 is 0.333 bits per heavy atom. The molecular formula is C2H8Nb2O5. The van der Waals surface area contributed by atoms with Gasteiger partial charge in [-0.15, -0.1) is 0 Å². The van der Waals surface area contributed by atoms with Crippen LogP contribution in [0.1, 0.15) is 14.9 Å². The minimum absolute atomic E-state index is 0. The summed E-state index contributed by atoms with van der Waals surface area (Å²) in [5.41, 5.74) is 0. The predicted octanol–water partition coefficient (Wildman–Crippen LogP) is 0.673. The van der Waals surface area contributed by atoms with Gasteiger partial charge in [0.1, 0.15) is 0 Å². The van der Waals surface area contributed by atoms with Crippen LogP contribution in [0.3, 0.4) is 0 Å². The fraction of sp³-hybridized carbons (Fsp3) is 1.00. The summed E-state index contributed by atoms with van der Waals surface area (Å²) in [6.45, 7) is 0. The Bertz CT molecular complexity index is 12.9. The number of hydrogen-bond donors (Lipinski definition) is 0. The van der Waals surface area contributed by atoms with E-state index < -0.39 is 0 Å². The summed E-state index contributed by atoms with van der Waals surface area (Å²) in [6.07, 6.45) is 0. The van der Waals surface area contributed by atoms with Crippen molar-refractivity contribution < 1.29 is 72.1 Å². The molecule has 0 saturated carbocycles. The average molecular weight is 298 g/mol. The van der Waals surface area contributed by atoms with E-state index in [0.717, 1.165) is 0 Å². The predicted molar refractivity (Wildman–Crippen MR) is 16.9 cm³/mol. The second-order valence-corrected chi connectivity index (χ2v) is 0. The van der Waals surface area contributed by atoms with E-state index in [4.69, 9.17) is 0 Å². The van der Waals surface area contributed by atoms with Gasteiger partial charge in [0.05, 0.1) is 0 Å². The van der Waals surface area contributed by atoms with Crippen molar-refractivity contribution in [2.24, 2.45) is 0 Å². The average Bonchev–Trinajstić information content (AvgIpc) is 0. The van der Waals surface area contributed by atoms with E-state index in [0.29, 0.717) is 0 Å². The van der Waals surface area contributed by atoms with Gasteiger partial charge in [0, 0.05) is 0 Å². The summed E-state index contributed by atoms with van der Waals surface area (Å²) in [5.74, 6) is 0. The Balaban J connectivity index is 0. The van der Waals surface area contributed by atoms with Crippen molar-refractivity contribution in [2.75, 3.05) is 0 Å². The molecule has 0 aliphatic rings. The molecule has 56 valence electrons. The van der Waals surface area contributed by atoms with Crippen molar-refractivity contribution in [2.45, 2.75) is 14.9 Å². The van der Waals surface area contributed by atoms with Crippen LogP contribution in [-0.2, 0) is 72.1 Å². The van der Waals surface area contributed by atoms with Crippen LogP contribution in [-0.4, -0.2) is 0 Å². The van der Waals surface area contributed by atoms with Crippen LogP contribution < -0.4 is 0 Å². The molecule has 0 aromatic carbocycles. The molecule has 0 amide bonds. The SMILES string of the molecule is C.C.[Nb+5].[Nb+5].[O-2].[O-2].[O-2].[O-2].[O-2]. The first-order valence-electron chi connectivity index (χ1n) is 0. The fourth-order valence-corrected chi connectivity index (χ4v) is 0. The first-order chi connectivity index (χ1) is 0. The number of rotatable bonds is 0. The van der Waals surface area contributed by atoms with E-state index in [9.17, 15) is 0 Å². The van der Waals surface area contributed by atoms with Gasteiger partial charge in [0.25, 0.3) is 0 Å². The molecule has 5 nitrogen and oxygen atoms in total. The first kappa shape index (κ1) is 540. The van der Waals surface area contributed by atoms with Gasteiger partial charge in [-0.2, -0.15) is 0 Å². The van der Waals surface area contributed by atoms with Crippen LogP contribution >= 0.6 is 0 Å².